The Labute approximate surface area is 232 Å². The lowest BCUT2D eigenvalue weighted by Gasteiger charge is -2.20. The molecule has 4 aromatic rings. The molecule has 40 heavy (non-hydrogen) atoms. The summed E-state index contributed by atoms with van der Waals surface area (Å²) in [6.07, 6.45) is 3.42. The van der Waals surface area contributed by atoms with Crippen LogP contribution in [0.5, 0.6) is 5.88 Å². The number of ether oxygens (including phenoxy) is 1. The maximum Gasteiger partial charge on any atom is 0.251 e. The minimum Gasteiger partial charge on any atom is -0.473 e. The maximum absolute atomic E-state index is 15.3. The molecule has 4 aliphatic rings. The Morgan fingerprint density at radius 1 is 1.12 bits per heavy atom. The van der Waals surface area contributed by atoms with E-state index in [0.29, 0.717) is 53.0 Å². The van der Waals surface area contributed by atoms with E-state index in [1.54, 1.807) is 27.4 Å². The van der Waals surface area contributed by atoms with Crippen molar-refractivity contribution >= 4 is 22.9 Å². The van der Waals surface area contributed by atoms with Crippen LogP contribution in [0, 0.1) is 5.92 Å². The van der Waals surface area contributed by atoms with E-state index in [2.05, 4.69) is 32.1 Å². The minimum absolute atomic E-state index is 0.163. The molecule has 1 saturated carbocycles. The first-order valence-electron chi connectivity index (χ1n) is 13.0. The number of nitrogens with zero attached hydrogens (tertiary/aromatic N) is 7. The van der Waals surface area contributed by atoms with Crippen molar-refractivity contribution in [1.82, 2.24) is 29.8 Å². The van der Waals surface area contributed by atoms with Crippen molar-refractivity contribution in [3.63, 3.8) is 0 Å². The zero-order valence-corrected chi connectivity index (χ0v) is 21.8. The van der Waals surface area contributed by atoms with Crippen LogP contribution in [-0.2, 0) is 6.42 Å². The standard InChI is InChI=1S/C29H21ClFN7O2/c1-14-6-15-2-4-22(34-29(15)40-12-14)21-11-23(33-28(21)31)27-20-10-19(20)25-7-16(8-26(39)38(25)27)18-9-17(30)3-5-24(18)37-13-32-35-36-37/h2-5,7-9,13,19-20,27H,1,6,10-12H2. The van der Waals surface area contributed by atoms with Gasteiger partial charge in [-0.3, -0.25) is 4.79 Å². The largest absolute Gasteiger partial charge is 0.473 e. The summed E-state index contributed by atoms with van der Waals surface area (Å²) in [5, 5.41) is 12.0. The number of tetrazole rings is 1. The number of allylic oxidation sites excluding steroid dienone is 1. The first-order valence-corrected chi connectivity index (χ1v) is 13.4. The summed E-state index contributed by atoms with van der Waals surface area (Å²) in [5.41, 5.74) is 6.46. The third-order valence-electron chi connectivity index (χ3n) is 8.16. The number of fused-ring (bicyclic) bond motifs is 4. The van der Waals surface area contributed by atoms with Crippen molar-refractivity contribution in [2.75, 3.05) is 6.61 Å². The Bertz CT molecular complexity index is 1880. The topological polar surface area (TPSA) is 100 Å². The number of halogens is 2. The first-order chi connectivity index (χ1) is 19.4. The predicted octanol–water partition coefficient (Wildman–Crippen LogP) is 4.87. The van der Waals surface area contributed by atoms with Gasteiger partial charge in [0.1, 0.15) is 12.9 Å². The second-order valence-corrected chi connectivity index (χ2v) is 11.1. The van der Waals surface area contributed by atoms with Crippen LogP contribution in [0.2, 0.25) is 5.02 Å². The number of pyridine rings is 2. The number of aliphatic imine (C=N–C) groups is 1. The van der Waals surface area contributed by atoms with Gasteiger partial charge in [-0.2, -0.15) is 9.07 Å². The highest BCUT2D eigenvalue weighted by Gasteiger charge is 2.55. The number of hydrogen-bond acceptors (Lipinski definition) is 7. The van der Waals surface area contributed by atoms with E-state index in [1.807, 2.05) is 24.3 Å². The van der Waals surface area contributed by atoms with Crippen LogP contribution in [0.15, 0.2) is 76.7 Å². The fourth-order valence-corrected chi connectivity index (χ4v) is 6.46. The van der Waals surface area contributed by atoms with Gasteiger partial charge in [0.15, 0.2) is 0 Å². The molecule has 0 N–H and O–H groups in total. The van der Waals surface area contributed by atoms with Crippen molar-refractivity contribution in [3.05, 3.63) is 99.2 Å². The third-order valence-corrected chi connectivity index (χ3v) is 8.39. The molecule has 1 aromatic carbocycles. The lowest BCUT2D eigenvalue weighted by atomic mass is 9.99. The molecule has 3 aromatic heterocycles. The fourth-order valence-electron chi connectivity index (χ4n) is 6.28. The van der Waals surface area contributed by atoms with Gasteiger partial charge in [0.2, 0.25) is 11.8 Å². The quantitative estimate of drug-likeness (QED) is 0.264. The highest BCUT2D eigenvalue weighted by atomic mass is 35.5. The first kappa shape index (κ1) is 23.4. The van der Waals surface area contributed by atoms with E-state index in [9.17, 15) is 4.79 Å². The van der Waals surface area contributed by atoms with Crippen molar-refractivity contribution in [3.8, 4) is 22.7 Å². The van der Waals surface area contributed by atoms with Crippen LogP contribution in [0.3, 0.4) is 0 Å². The molecule has 0 saturated heterocycles. The number of benzene rings is 1. The zero-order valence-electron chi connectivity index (χ0n) is 21.1. The van der Waals surface area contributed by atoms with Crippen molar-refractivity contribution in [2.45, 2.75) is 31.2 Å². The number of hydrogen-bond donors (Lipinski definition) is 0. The Morgan fingerprint density at radius 3 is 2.88 bits per heavy atom. The van der Waals surface area contributed by atoms with E-state index in [4.69, 9.17) is 16.3 Å². The molecule has 198 valence electrons. The van der Waals surface area contributed by atoms with Gasteiger partial charge in [0, 0.05) is 58.0 Å². The molecule has 3 unspecified atom stereocenters. The summed E-state index contributed by atoms with van der Waals surface area (Å²) in [6, 6.07) is 12.4. The summed E-state index contributed by atoms with van der Waals surface area (Å²) < 4.78 is 24.3. The maximum atomic E-state index is 15.3. The van der Waals surface area contributed by atoms with Gasteiger partial charge in [-0.1, -0.05) is 24.2 Å². The van der Waals surface area contributed by atoms with E-state index < -0.39 is 5.95 Å². The molecule has 1 fully saturated rings. The van der Waals surface area contributed by atoms with Crippen LogP contribution in [0.1, 0.15) is 41.8 Å². The lowest BCUT2D eigenvalue weighted by Crippen LogP contribution is -2.29. The van der Waals surface area contributed by atoms with Crippen LogP contribution in [0.25, 0.3) is 22.4 Å². The molecule has 0 bridgehead atoms. The second kappa shape index (κ2) is 8.53. The van der Waals surface area contributed by atoms with Crippen molar-refractivity contribution in [2.24, 2.45) is 10.9 Å². The van der Waals surface area contributed by atoms with Gasteiger partial charge in [-0.15, -0.1) is 5.10 Å². The van der Waals surface area contributed by atoms with Crippen LogP contribution in [0.4, 0.5) is 4.39 Å². The molecule has 0 spiro atoms. The highest BCUT2D eigenvalue weighted by Crippen LogP contribution is 2.60. The van der Waals surface area contributed by atoms with Crippen LogP contribution in [-0.4, -0.2) is 42.1 Å². The van der Waals surface area contributed by atoms with Gasteiger partial charge in [-0.25, -0.2) is 9.98 Å². The fraction of sp³-hybridized carbons (Fsp3) is 0.241. The molecule has 8 rings (SSSR count). The van der Waals surface area contributed by atoms with Crippen LogP contribution >= 0.6 is 11.6 Å². The monoisotopic (exact) mass is 553 g/mol. The third kappa shape index (κ3) is 3.59. The minimum atomic E-state index is -0.553. The summed E-state index contributed by atoms with van der Waals surface area (Å²) >= 11 is 6.34. The van der Waals surface area contributed by atoms with Gasteiger partial charge in [-0.05, 0) is 64.2 Å². The van der Waals surface area contributed by atoms with E-state index >= 15 is 4.39 Å². The van der Waals surface area contributed by atoms with Crippen molar-refractivity contribution in [1.29, 1.82) is 0 Å². The van der Waals surface area contributed by atoms with Crippen molar-refractivity contribution < 1.29 is 9.13 Å². The van der Waals surface area contributed by atoms with Gasteiger partial charge in [0.25, 0.3) is 5.56 Å². The smallest absolute Gasteiger partial charge is 0.251 e. The molecular weight excluding hydrogens is 533 g/mol. The van der Waals surface area contributed by atoms with E-state index in [-0.39, 0.29) is 23.4 Å². The number of rotatable bonds is 4. The summed E-state index contributed by atoms with van der Waals surface area (Å²) in [6.45, 7) is 4.38. The molecule has 9 nitrogen and oxygen atoms in total. The average Bonchev–Trinajstić information content (AvgIpc) is 3.24. The summed E-state index contributed by atoms with van der Waals surface area (Å²) in [7, 11) is 0. The highest BCUT2D eigenvalue weighted by molar-refractivity contribution is 6.31. The SMILES string of the molecule is C=C1COc2nc(C3=C(F)N=C(C4C5CC5c5cc(-c6cc(Cl)ccc6-n6cnnn6)cc(=O)n54)C3)ccc2C1. The summed E-state index contributed by atoms with van der Waals surface area (Å²) in [4.78, 5) is 22.6. The molecule has 6 heterocycles. The van der Waals surface area contributed by atoms with E-state index in [1.165, 1.54) is 6.33 Å². The molecule has 1 aliphatic carbocycles. The van der Waals surface area contributed by atoms with Gasteiger partial charge < -0.3 is 9.30 Å². The van der Waals surface area contributed by atoms with Gasteiger partial charge in [0.05, 0.1) is 17.4 Å². The Kier molecular flexibility index (Phi) is 5.00. The Balaban J connectivity index is 1.13. The Morgan fingerprint density at radius 2 is 2.02 bits per heavy atom. The predicted molar refractivity (Wildman–Crippen MR) is 146 cm³/mol. The molecule has 3 aliphatic heterocycles. The van der Waals surface area contributed by atoms with E-state index in [0.717, 1.165) is 34.4 Å². The lowest BCUT2D eigenvalue weighted by molar-refractivity contribution is 0.318. The van der Waals surface area contributed by atoms with Gasteiger partial charge >= 0.3 is 0 Å². The normalized spacial score (nSPS) is 22.5. The second-order valence-electron chi connectivity index (χ2n) is 10.7. The summed E-state index contributed by atoms with van der Waals surface area (Å²) in [5.74, 6) is 0.380. The molecule has 0 amide bonds. The number of aromatic nitrogens is 6. The average molecular weight is 554 g/mol. The van der Waals surface area contributed by atoms with Crippen LogP contribution < -0.4 is 10.3 Å². The molecule has 0 radical (unpaired) electrons. The molecule has 11 heteroatoms. The Hall–Kier alpha value is -4.44. The molecule has 3 atom stereocenters. The zero-order chi connectivity index (χ0) is 27.1. The molecular formula is C29H21ClFN7O2.